The van der Waals surface area contributed by atoms with Gasteiger partial charge < -0.3 is 10.1 Å². The van der Waals surface area contributed by atoms with Gasteiger partial charge in [0.1, 0.15) is 0 Å². The number of carbonyl (C=O) groups excluding carboxylic acids is 1. The zero-order chi connectivity index (χ0) is 18.7. The van der Waals surface area contributed by atoms with Gasteiger partial charge in [0.05, 0.1) is 12.2 Å². The number of esters is 1. The molecule has 1 aliphatic rings. The fourth-order valence-electron chi connectivity index (χ4n) is 2.57. The van der Waals surface area contributed by atoms with Gasteiger partial charge in [-0.3, -0.25) is 4.79 Å². The largest absolute Gasteiger partial charge is 0.426 e. The normalized spacial score (nSPS) is 17.2. The van der Waals surface area contributed by atoms with E-state index < -0.39 is 12.2 Å². The molecule has 0 saturated heterocycles. The van der Waals surface area contributed by atoms with Crippen molar-refractivity contribution in [3.05, 3.63) is 69.9 Å². The number of ether oxygens (including phenoxy) is 1. The van der Waals surface area contributed by atoms with E-state index in [-0.39, 0.29) is 0 Å². The number of nitrogens with one attached hydrogen (secondary N) is 1. The summed E-state index contributed by atoms with van der Waals surface area (Å²) in [5.41, 5.74) is 2.52. The molecule has 0 spiro atoms. The van der Waals surface area contributed by atoms with Crippen LogP contribution in [0.25, 0.3) is 0 Å². The second-order valence-electron chi connectivity index (χ2n) is 5.89. The Morgan fingerprint density at radius 2 is 1.69 bits per heavy atom. The quantitative estimate of drug-likeness (QED) is 0.740. The van der Waals surface area contributed by atoms with Crippen molar-refractivity contribution in [1.29, 1.82) is 0 Å². The molecular weight excluding hydrogens is 375 g/mol. The van der Waals surface area contributed by atoms with Crippen LogP contribution in [-0.4, -0.2) is 18.7 Å². The van der Waals surface area contributed by atoms with E-state index in [4.69, 9.17) is 32.8 Å². The summed E-state index contributed by atoms with van der Waals surface area (Å²) in [4.78, 5) is 17.5. The monoisotopic (exact) mass is 392 g/mol. The number of nitrogens with zero attached hydrogens (tertiary/aromatic N) is 1. The molecule has 1 N–H and O–H groups in total. The molecule has 7 heteroatoms. The highest BCUT2D eigenvalue weighted by Gasteiger charge is 2.30. The fourth-order valence-corrected chi connectivity index (χ4v) is 2.83. The van der Waals surface area contributed by atoms with Crippen molar-refractivity contribution in [3.8, 4) is 0 Å². The first-order valence-electron chi connectivity index (χ1n) is 8.02. The topological polar surface area (TPSA) is 50.8 Å². The van der Waals surface area contributed by atoms with Crippen LogP contribution in [0.3, 0.4) is 0 Å². The molecule has 5 nitrogen and oxygen atoms in total. The molecule has 1 atom stereocenters. The minimum Gasteiger partial charge on any atom is -0.426 e. The smallest absolute Gasteiger partial charge is 0.307 e. The summed E-state index contributed by atoms with van der Waals surface area (Å²) >= 11 is 11.9. The van der Waals surface area contributed by atoms with E-state index in [1.165, 1.54) is 6.92 Å². The van der Waals surface area contributed by atoms with Gasteiger partial charge in [0.15, 0.2) is 5.76 Å². The van der Waals surface area contributed by atoms with Gasteiger partial charge in [-0.2, -0.15) is 0 Å². The first-order chi connectivity index (χ1) is 12.4. The molecule has 0 aromatic heterocycles. The summed E-state index contributed by atoms with van der Waals surface area (Å²) in [5, 5.41) is 6.23. The fraction of sp³-hybridized carbons (Fsp3) is 0.211. The van der Waals surface area contributed by atoms with Crippen LogP contribution in [0.15, 0.2) is 59.9 Å². The average Bonchev–Trinajstić information content (AvgIpc) is 2.60. The molecule has 0 unspecified atom stereocenters. The van der Waals surface area contributed by atoms with Gasteiger partial charge in [-0.05, 0) is 61.0 Å². The number of anilines is 2. The highest BCUT2D eigenvalue weighted by molar-refractivity contribution is 6.30. The van der Waals surface area contributed by atoms with Crippen LogP contribution in [0.1, 0.15) is 13.8 Å². The number of hydrogen-bond acceptors (Lipinski definition) is 5. The van der Waals surface area contributed by atoms with E-state index in [1.54, 1.807) is 29.3 Å². The van der Waals surface area contributed by atoms with Crippen LogP contribution in [0.2, 0.25) is 10.0 Å². The van der Waals surface area contributed by atoms with Crippen molar-refractivity contribution in [2.24, 2.45) is 0 Å². The van der Waals surface area contributed by atoms with Gasteiger partial charge in [-0.1, -0.05) is 23.2 Å². The maximum atomic E-state index is 11.5. The van der Waals surface area contributed by atoms with Crippen molar-refractivity contribution in [2.45, 2.75) is 20.1 Å². The molecule has 26 heavy (non-hydrogen) atoms. The van der Waals surface area contributed by atoms with Crippen LogP contribution < -0.4 is 10.4 Å². The summed E-state index contributed by atoms with van der Waals surface area (Å²) in [6.07, 6.45) is -0.662. The lowest BCUT2D eigenvalue weighted by atomic mass is 10.2. The summed E-state index contributed by atoms with van der Waals surface area (Å²) in [6.45, 7) is 3.73. The summed E-state index contributed by atoms with van der Waals surface area (Å²) in [7, 11) is 0. The predicted octanol–water partition coefficient (Wildman–Crippen LogP) is 5.02. The standard InChI is InChI=1S/C19H18Cl2N2O3/c1-12-11-23(17-9-5-15(21)6-10-17)26-19(18(12)25-13(2)24)22-16-7-3-14(20)4-8-16/h3-10,19,22H,11H2,1-2H3/t19-/m0/s1. The number of carbonyl (C=O) groups is 1. The molecule has 1 aliphatic heterocycles. The van der Waals surface area contributed by atoms with Crippen LogP contribution in [-0.2, 0) is 14.4 Å². The van der Waals surface area contributed by atoms with Crippen LogP contribution in [0, 0.1) is 0 Å². The highest BCUT2D eigenvalue weighted by atomic mass is 35.5. The number of halogens is 2. The summed E-state index contributed by atoms with van der Waals surface area (Å²) < 4.78 is 5.39. The third kappa shape index (κ3) is 4.49. The van der Waals surface area contributed by atoms with Gasteiger partial charge in [0.2, 0.25) is 6.23 Å². The molecule has 136 valence electrons. The Morgan fingerprint density at radius 1 is 1.12 bits per heavy atom. The maximum absolute atomic E-state index is 11.5. The van der Waals surface area contributed by atoms with E-state index >= 15 is 0 Å². The Morgan fingerprint density at radius 3 is 2.27 bits per heavy atom. The lowest BCUT2D eigenvalue weighted by Gasteiger charge is -2.36. The van der Waals surface area contributed by atoms with E-state index in [2.05, 4.69) is 5.32 Å². The Hall–Kier alpha value is -2.21. The Kier molecular flexibility index (Phi) is 5.71. The number of benzene rings is 2. The van der Waals surface area contributed by atoms with Crippen LogP contribution >= 0.6 is 23.2 Å². The Bertz CT molecular complexity index is 820. The third-order valence-electron chi connectivity index (χ3n) is 3.78. The minimum absolute atomic E-state index is 0.397. The average molecular weight is 393 g/mol. The molecule has 0 radical (unpaired) electrons. The summed E-state index contributed by atoms with van der Waals surface area (Å²) in [5.74, 6) is 0.0588. The number of rotatable bonds is 4. The number of hydroxylamine groups is 1. The van der Waals surface area contributed by atoms with Crippen molar-refractivity contribution in [2.75, 3.05) is 16.9 Å². The second kappa shape index (κ2) is 7.99. The first kappa shape index (κ1) is 18.6. The lowest BCUT2D eigenvalue weighted by molar-refractivity contribution is -0.139. The predicted molar refractivity (Wildman–Crippen MR) is 103 cm³/mol. The van der Waals surface area contributed by atoms with Gasteiger partial charge in [0, 0.05) is 22.7 Å². The van der Waals surface area contributed by atoms with E-state index in [1.807, 2.05) is 31.2 Å². The van der Waals surface area contributed by atoms with Crippen LogP contribution in [0.4, 0.5) is 11.4 Å². The molecule has 0 aliphatic carbocycles. The van der Waals surface area contributed by atoms with E-state index in [9.17, 15) is 4.79 Å². The lowest BCUT2D eigenvalue weighted by Crippen LogP contribution is -2.42. The van der Waals surface area contributed by atoms with Gasteiger partial charge in [-0.25, -0.2) is 9.90 Å². The third-order valence-corrected chi connectivity index (χ3v) is 4.29. The van der Waals surface area contributed by atoms with Crippen LogP contribution in [0.5, 0.6) is 0 Å². The second-order valence-corrected chi connectivity index (χ2v) is 6.76. The maximum Gasteiger partial charge on any atom is 0.307 e. The zero-order valence-corrected chi connectivity index (χ0v) is 15.8. The first-order valence-corrected chi connectivity index (χ1v) is 8.78. The van der Waals surface area contributed by atoms with Crippen molar-refractivity contribution in [1.82, 2.24) is 0 Å². The van der Waals surface area contributed by atoms with Gasteiger partial charge in [0.25, 0.3) is 0 Å². The van der Waals surface area contributed by atoms with Gasteiger partial charge >= 0.3 is 5.97 Å². The van der Waals surface area contributed by atoms with Crippen molar-refractivity contribution < 1.29 is 14.4 Å². The van der Waals surface area contributed by atoms with E-state index in [0.717, 1.165) is 16.9 Å². The SMILES string of the molecule is CC(=O)OC1=C(C)CN(c2ccc(Cl)cc2)O[C@@H]1Nc1ccc(Cl)cc1. The molecule has 1 heterocycles. The summed E-state index contributed by atoms with van der Waals surface area (Å²) in [6, 6.07) is 14.5. The minimum atomic E-state index is -0.662. The molecule has 0 saturated carbocycles. The Balaban J connectivity index is 1.88. The molecule has 0 bridgehead atoms. The molecular formula is C19H18Cl2N2O3. The molecule has 0 fully saturated rings. The zero-order valence-electron chi connectivity index (χ0n) is 14.3. The van der Waals surface area contributed by atoms with Gasteiger partial charge in [-0.15, -0.1) is 0 Å². The van der Waals surface area contributed by atoms with Crippen molar-refractivity contribution in [3.63, 3.8) is 0 Å². The molecule has 0 amide bonds. The van der Waals surface area contributed by atoms with Crippen molar-refractivity contribution >= 4 is 40.5 Å². The van der Waals surface area contributed by atoms with E-state index in [0.29, 0.717) is 22.3 Å². The Labute approximate surface area is 162 Å². The molecule has 2 aromatic rings. The molecule has 2 aromatic carbocycles. The highest BCUT2D eigenvalue weighted by Crippen LogP contribution is 2.29. The molecule has 3 rings (SSSR count). The number of hydrogen-bond donors (Lipinski definition) is 1.